The molecule has 0 aromatic heterocycles. The number of halogens is 1. The number of nitrogen functional groups attached to an aromatic ring is 1. The van der Waals surface area contributed by atoms with Crippen molar-refractivity contribution in [3.63, 3.8) is 0 Å². The summed E-state index contributed by atoms with van der Waals surface area (Å²) >= 11 is 5.81. The molecule has 1 aliphatic rings. The minimum absolute atomic E-state index is 0.620. The second kappa shape index (κ2) is 2.31. The van der Waals surface area contributed by atoms with Crippen molar-refractivity contribution in [3.8, 4) is 5.75 Å². The minimum atomic E-state index is 0.620. The molecule has 2 rings (SSSR count). The van der Waals surface area contributed by atoms with Gasteiger partial charge in [0.1, 0.15) is 5.75 Å². The molecule has 0 fully saturated rings. The summed E-state index contributed by atoms with van der Waals surface area (Å²) in [5.41, 5.74) is 7.44. The number of nitrogens with two attached hydrogens (primary N) is 1. The van der Waals surface area contributed by atoms with Crippen LogP contribution in [-0.4, -0.2) is 6.61 Å². The Morgan fingerprint density at radius 1 is 1.45 bits per heavy atom. The van der Waals surface area contributed by atoms with E-state index in [2.05, 4.69) is 0 Å². The summed E-state index contributed by atoms with van der Waals surface area (Å²) < 4.78 is 5.30. The molecule has 0 spiro atoms. The van der Waals surface area contributed by atoms with Gasteiger partial charge in [-0.2, -0.15) is 0 Å². The molecule has 11 heavy (non-hydrogen) atoms. The van der Waals surface area contributed by atoms with E-state index in [1.165, 1.54) is 0 Å². The van der Waals surface area contributed by atoms with Crippen molar-refractivity contribution in [3.05, 3.63) is 22.7 Å². The van der Waals surface area contributed by atoms with Gasteiger partial charge in [0.05, 0.1) is 17.3 Å². The van der Waals surface area contributed by atoms with Crippen molar-refractivity contribution >= 4 is 17.3 Å². The summed E-state index contributed by atoms with van der Waals surface area (Å²) in [7, 11) is 0. The summed E-state index contributed by atoms with van der Waals surface area (Å²) in [6.45, 7) is 0.722. The number of ether oxygens (including phenoxy) is 1. The number of hydrogen-bond acceptors (Lipinski definition) is 2. The lowest BCUT2D eigenvalue weighted by Gasteiger charge is -2.02. The molecule has 0 bridgehead atoms. The van der Waals surface area contributed by atoms with Gasteiger partial charge in [-0.15, -0.1) is 0 Å². The Balaban J connectivity index is 2.62. The third kappa shape index (κ3) is 0.942. The Morgan fingerprint density at radius 2 is 2.27 bits per heavy atom. The third-order valence-corrected chi connectivity index (χ3v) is 2.20. The summed E-state index contributed by atoms with van der Waals surface area (Å²) in [5, 5.41) is 0.620. The first-order valence-electron chi connectivity index (χ1n) is 3.48. The number of fused-ring (bicyclic) bond motifs is 1. The van der Waals surface area contributed by atoms with Gasteiger partial charge in [0.2, 0.25) is 0 Å². The Kier molecular flexibility index (Phi) is 1.43. The Morgan fingerprint density at radius 3 is 3.09 bits per heavy atom. The Labute approximate surface area is 69.9 Å². The number of benzene rings is 1. The molecule has 2 N–H and O–H groups in total. The molecule has 1 heterocycles. The maximum Gasteiger partial charge on any atom is 0.124 e. The predicted molar refractivity (Wildman–Crippen MR) is 45.1 cm³/mol. The van der Waals surface area contributed by atoms with E-state index >= 15 is 0 Å². The van der Waals surface area contributed by atoms with Crippen LogP contribution in [0.2, 0.25) is 5.02 Å². The minimum Gasteiger partial charge on any atom is -0.493 e. The van der Waals surface area contributed by atoms with Crippen molar-refractivity contribution in [2.75, 3.05) is 12.3 Å². The van der Waals surface area contributed by atoms with Crippen LogP contribution in [-0.2, 0) is 6.42 Å². The van der Waals surface area contributed by atoms with E-state index in [0.29, 0.717) is 10.7 Å². The smallest absolute Gasteiger partial charge is 0.124 e. The van der Waals surface area contributed by atoms with Crippen LogP contribution in [0.4, 0.5) is 5.69 Å². The van der Waals surface area contributed by atoms with Crippen molar-refractivity contribution in [2.45, 2.75) is 6.42 Å². The maximum atomic E-state index is 5.81. The zero-order valence-corrected chi connectivity index (χ0v) is 6.69. The summed E-state index contributed by atoms with van der Waals surface area (Å²) in [5.74, 6) is 0.881. The van der Waals surface area contributed by atoms with Crippen LogP contribution in [0.5, 0.6) is 5.75 Å². The molecule has 2 nitrogen and oxygen atoms in total. The zero-order valence-electron chi connectivity index (χ0n) is 5.93. The molecular weight excluding hydrogens is 162 g/mol. The largest absolute Gasteiger partial charge is 0.493 e. The highest BCUT2D eigenvalue weighted by atomic mass is 35.5. The lowest BCUT2D eigenvalue weighted by atomic mass is 10.1. The highest BCUT2D eigenvalue weighted by Crippen LogP contribution is 2.34. The van der Waals surface area contributed by atoms with Crippen LogP contribution >= 0.6 is 11.6 Å². The molecular formula is C8H8ClNO. The van der Waals surface area contributed by atoms with Crippen LogP contribution in [0.1, 0.15) is 5.56 Å². The fraction of sp³-hybridized carbons (Fsp3) is 0.250. The average molecular weight is 170 g/mol. The molecule has 0 saturated carbocycles. The quantitative estimate of drug-likeness (QED) is 0.602. The molecule has 0 aliphatic carbocycles. The highest BCUT2D eigenvalue weighted by molar-refractivity contribution is 6.33. The van der Waals surface area contributed by atoms with Crippen molar-refractivity contribution in [1.29, 1.82) is 0 Å². The molecule has 1 aromatic carbocycles. The van der Waals surface area contributed by atoms with E-state index in [9.17, 15) is 0 Å². The van der Waals surface area contributed by atoms with Crippen molar-refractivity contribution in [1.82, 2.24) is 0 Å². The second-order valence-electron chi connectivity index (χ2n) is 2.54. The van der Waals surface area contributed by atoms with E-state index in [1.807, 2.05) is 6.07 Å². The van der Waals surface area contributed by atoms with Gasteiger partial charge >= 0.3 is 0 Å². The van der Waals surface area contributed by atoms with Gasteiger partial charge < -0.3 is 10.5 Å². The van der Waals surface area contributed by atoms with Gasteiger partial charge in [0.25, 0.3) is 0 Å². The molecule has 0 saturated heterocycles. The summed E-state index contributed by atoms with van der Waals surface area (Å²) in [4.78, 5) is 0. The van der Waals surface area contributed by atoms with Gasteiger partial charge in [-0.3, -0.25) is 0 Å². The van der Waals surface area contributed by atoms with Crippen LogP contribution in [0.3, 0.4) is 0 Å². The van der Waals surface area contributed by atoms with E-state index < -0.39 is 0 Å². The SMILES string of the molecule is Nc1c(Cl)ccc2c1CCO2. The molecule has 1 aromatic rings. The van der Waals surface area contributed by atoms with Gasteiger partial charge in [-0.25, -0.2) is 0 Å². The first-order chi connectivity index (χ1) is 5.29. The molecule has 0 amide bonds. The predicted octanol–water partition coefficient (Wildman–Crippen LogP) is 1.86. The summed E-state index contributed by atoms with van der Waals surface area (Å²) in [6.07, 6.45) is 0.877. The fourth-order valence-corrected chi connectivity index (χ4v) is 1.45. The first kappa shape index (κ1) is 6.80. The van der Waals surface area contributed by atoms with E-state index in [1.54, 1.807) is 6.07 Å². The van der Waals surface area contributed by atoms with Gasteiger partial charge in [0.15, 0.2) is 0 Å². The third-order valence-electron chi connectivity index (χ3n) is 1.87. The summed E-state index contributed by atoms with van der Waals surface area (Å²) in [6, 6.07) is 3.63. The van der Waals surface area contributed by atoms with Crippen LogP contribution in [0.15, 0.2) is 12.1 Å². The van der Waals surface area contributed by atoms with Crippen molar-refractivity contribution in [2.24, 2.45) is 0 Å². The maximum absolute atomic E-state index is 5.81. The first-order valence-corrected chi connectivity index (χ1v) is 3.86. The van der Waals surface area contributed by atoms with Crippen LogP contribution in [0.25, 0.3) is 0 Å². The highest BCUT2D eigenvalue weighted by Gasteiger charge is 2.15. The van der Waals surface area contributed by atoms with E-state index in [4.69, 9.17) is 22.1 Å². The van der Waals surface area contributed by atoms with Crippen LogP contribution < -0.4 is 10.5 Å². The second-order valence-corrected chi connectivity index (χ2v) is 2.94. The lowest BCUT2D eigenvalue weighted by Crippen LogP contribution is -1.91. The zero-order chi connectivity index (χ0) is 7.84. The topological polar surface area (TPSA) is 35.2 Å². The van der Waals surface area contributed by atoms with E-state index in [0.717, 1.165) is 24.3 Å². The normalized spacial score (nSPS) is 14.3. The van der Waals surface area contributed by atoms with E-state index in [-0.39, 0.29) is 0 Å². The number of hydrogen-bond donors (Lipinski definition) is 1. The Bertz CT molecular complexity index is 298. The standard InChI is InChI=1S/C8H8ClNO/c9-6-1-2-7-5(8(6)10)3-4-11-7/h1-2H,3-4,10H2. The molecule has 0 atom stereocenters. The molecule has 1 aliphatic heterocycles. The van der Waals surface area contributed by atoms with Gasteiger partial charge in [-0.1, -0.05) is 11.6 Å². The average Bonchev–Trinajstić information content (AvgIpc) is 2.45. The van der Waals surface area contributed by atoms with Gasteiger partial charge in [-0.05, 0) is 12.1 Å². The molecule has 0 unspecified atom stereocenters. The lowest BCUT2D eigenvalue weighted by molar-refractivity contribution is 0.357. The van der Waals surface area contributed by atoms with Gasteiger partial charge in [0, 0.05) is 12.0 Å². The monoisotopic (exact) mass is 169 g/mol. The fourth-order valence-electron chi connectivity index (χ4n) is 1.27. The molecule has 0 radical (unpaired) electrons. The molecule has 58 valence electrons. The number of anilines is 1. The van der Waals surface area contributed by atoms with Crippen LogP contribution in [0, 0.1) is 0 Å². The van der Waals surface area contributed by atoms with Crippen molar-refractivity contribution < 1.29 is 4.74 Å². The molecule has 3 heteroatoms. The Hall–Kier alpha value is -0.890. The number of rotatable bonds is 0.